The van der Waals surface area contributed by atoms with Gasteiger partial charge in [-0.3, -0.25) is 14.4 Å². The van der Waals surface area contributed by atoms with Gasteiger partial charge >= 0.3 is 18.2 Å². The van der Waals surface area contributed by atoms with E-state index in [0.717, 1.165) is 12.5 Å². The molecule has 1 fully saturated rings. The Kier molecular flexibility index (Phi) is 12.8. The van der Waals surface area contributed by atoms with Crippen LogP contribution in [0.15, 0.2) is 72.8 Å². The Balaban J connectivity index is 1.56. The molecule has 14 heteroatoms. The number of nitrogens with one attached hydrogen (secondary N) is 1. The highest BCUT2D eigenvalue weighted by atomic mass is 16.6. The lowest BCUT2D eigenvalue weighted by atomic mass is 10.1. The first-order valence-electron chi connectivity index (χ1n) is 16.9. The second-order valence-electron chi connectivity index (χ2n) is 14.1. The molecular formula is C39H44N4O10. The maximum atomic E-state index is 13.8. The van der Waals surface area contributed by atoms with Crippen LogP contribution in [0.25, 0.3) is 0 Å². The van der Waals surface area contributed by atoms with E-state index in [2.05, 4.69) is 5.32 Å². The average Bonchev–Trinajstić information content (AvgIpc) is 3.08. The molecule has 0 unspecified atom stereocenters. The molecule has 280 valence electrons. The van der Waals surface area contributed by atoms with E-state index in [0.29, 0.717) is 22.9 Å². The fourth-order valence-corrected chi connectivity index (χ4v) is 5.13. The number of hydrogen-bond donors (Lipinski definition) is 1. The van der Waals surface area contributed by atoms with Gasteiger partial charge in [-0.2, -0.15) is 5.26 Å². The number of carbonyl (C=O) groups is 5. The highest BCUT2D eigenvalue weighted by molar-refractivity contribution is 6.04. The number of benzene rings is 3. The van der Waals surface area contributed by atoms with Crippen molar-refractivity contribution in [3.05, 3.63) is 89.5 Å². The number of anilines is 2. The number of hydrogen-bond acceptors (Lipinski definition) is 11. The summed E-state index contributed by atoms with van der Waals surface area (Å²) in [5.41, 5.74) is -0.0863. The number of rotatable bonds is 10. The van der Waals surface area contributed by atoms with Crippen LogP contribution in [0.2, 0.25) is 0 Å². The molecule has 14 nitrogen and oxygen atoms in total. The summed E-state index contributed by atoms with van der Waals surface area (Å²) < 4.78 is 27.9. The van der Waals surface area contributed by atoms with E-state index < -0.39 is 59.9 Å². The topological polar surface area (TPSA) is 174 Å². The lowest BCUT2D eigenvalue weighted by Gasteiger charge is -2.35. The zero-order chi connectivity index (χ0) is 38.9. The van der Waals surface area contributed by atoms with Crippen molar-refractivity contribution >= 4 is 41.3 Å². The molecule has 1 aliphatic heterocycles. The Morgan fingerprint density at radius 2 is 1.60 bits per heavy atom. The van der Waals surface area contributed by atoms with E-state index in [1.165, 1.54) is 23.1 Å². The number of morpholine rings is 1. The van der Waals surface area contributed by atoms with E-state index in [1.807, 2.05) is 36.4 Å². The van der Waals surface area contributed by atoms with Crippen LogP contribution in [0.4, 0.5) is 21.0 Å². The minimum atomic E-state index is -1.71. The SMILES string of the molecule is CC(=O)O[C@@H](C(=O)Nc1ccc(C#N)c(CN(C(=O)OC(C)(C)C)C(=O)OC(C)(C)C)c1)[C@H]1OCCN(c2cccc(OCc3ccccc3)c2)C1=O. The Labute approximate surface area is 308 Å². The molecule has 4 rings (SSSR count). The molecule has 0 bridgehead atoms. The fourth-order valence-electron chi connectivity index (χ4n) is 5.13. The van der Waals surface area contributed by atoms with Crippen molar-refractivity contribution < 1.29 is 47.7 Å². The van der Waals surface area contributed by atoms with Crippen molar-refractivity contribution in [2.24, 2.45) is 0 Å². The lowest BCUT2D eigenvalue weighted by Crippen LogP contribution is -2.56. The van der Waals surface area contributed by atoms with Gasteiger partial charge in [0, 0.05) is 30.9 Å². The molecular weight excluding hydrogens is 684 g/mol. The monoisotopic (exact) mass is 728 g/mol. The first kappa shape index (κ1) is 39.8. The first-order chi connectivity index (χ1) is 24.9. The molecule has 2 atom stereocenters. The third-order valence-corrected chi connectivity index (χ3v) is 7.38. The molecule has 3 aromatic carbocycles. The van der Waals surface area contributed by atoms with Crippen molar-refractivity contribution in [1.29, 1.82) is 5.26 Å². The van der Waals surface area contributed by atoms with Crippen LogP contribution in [-0.4, -0.2) is 71.4 Å². The molecule has 1 saturated heterocycles. The van der Waals surface area contributed by atoms with Gasteiger partial charge in [0.1, 0.15) is 23.6 Å². The van der Waals surface area contributed by atoms with Gasteiger partial charge in [0.05, 0.1) is 24.8 Å². The molecule has 0 spiro atoms. The maximum absolute atomic E-state index is 13.8. The summed E-state index contributed by atoms with van der Waals surface area (Å²) in [6.07, 6.45) is -5.23. The van der Waals surface area contributed by atoms with Gasteiger partial charge in [0.25, 0.3) is 11.8 Å². The molecule has 1 aliphatic rings. The van der Waals surface area contributed by atoms with E-state index in [9.17, 15) is 29.2 Å². The number of nitrogens with zero attached hydrogens (tertiary/aromatic N) is 3. The zero-order valence-corrected chi connectivity index (χ0v) is 30.8. The Morgan fingerprint density at radius 3 is 2.21 bits per heavy atom. The summed E-state index contributed by atoms with van der Waals surface area (Å²) in [4.78, 5) is 68.2. The second kappa shape index (κ2) is 17.1. The Bertz CT molecular complexity index is 1830. The van der Waals surface area contributed by atoms with Crippen molar-refractivity contribution in [2.75, 3.05) is 23.4 Å². The molecule has 0 aliphatic carbocycles. The van der Waals surface area contributed by atoms with Crippen molar-refractivity contribution in [3.63, 3.8) is 0 Å². The number of esters is 1. The number of nitriles is 1. The molecule has 53 heavy (non-hydrogen) atoms. The zero-order valence-electron chi connectivity index (χ0n) is 30.8. The Hall–Kier alpha value is -5.94. The summed E-state index contributed by atoms with van der Waals surface area (Å²) in [5.74, 6) is -1.83. The largest absolute Gasteiger partial charge is 0.489 e. The first-order valence-corrected chi connectivity index (χ1v) is 16.9. The molecule has 1 heterocycles. The van der Waals surface area contributed by atoms with Gasteiger partial charge in [-0.15, -0.1) is 0 Å². The summed E-state index contributed by atoms with van der Waals surface area (Å²) >= 11 is 0. The normalized spacial score (nSPS) is 15.0. The number of imide groups is 1. The third-order valence-electron chi connectivity index (χ3n) is 7.38. The molecule has 4 amide bonds. The van der Waals surface area contributed by atoms with E-state index in [-0.39, 0.29) is 30.0 Å². The van der Waals surface area contributed by atoms with Gasteiger partial charge in [0.15, 0.2) is 6.10 Å². The van der Waals surface area contributed by atoms with Gasteiger partial charge < -0.3 is 33.9 Å². The summed E-state index contributed by atoms with van der Waals surface area (Å²) in [6.45, 7) is 11.0. The average molecular weight is 729 g/mol. The molecule has 0 aromatic heterocycles. The smallest absolute Gasteiger partial charge is 0.420 e. The van der Waals surface area contributed by atoms with E-state index >= 15 is 0 Å². The van der Waals surface area contributed by atoms with Crippen molar-refractivity contribution in [2.45, 2.75) is 85.0 Å². The predicted molar refractivity (Wildman–Crippen MR) is 193 cm³/mol. The number of amides is 4. The van der Waals surface area contributed by atoms with Gasteiger partial charge in [-0.25, -0.2) is 14.5 Å². The highest BCUT2D eigenvalue weighted by Crippen LogP contribution is 2.27. The lowest BCUT2D eigenvalue weighted by molar-refractivity contribution is -0.167. The van der Waals surface area contributed by atoms with Crippen LogP contribution >= 0.6 is 0 Å². The maximum Gasteiger partial charge on any atom is 0.420 e. The van der Waals surface area contributed by atoms with Gasteiger partial charge in [0.2, 0.25) is 6.10 Å². The second-order valence-corrected chi connectivity index (χ2v) is 14.1. The summed E-state index contributed by atoms with van der Waals surface area (Å²) in [6, 6.07) is 22.7. The molecule has 3 aromatic rings. The van der Waals surface area contributed by atoms with Crippen LogP contribution < -0.4 is 15.0 Å². The quantitative estimate of drug-likeness (QED) is 0.188. The van der Waals surface area contributed by atoms with Crippen molar-refractivity contribution in [3.8, 4) is 11.8 Å². The van der Waals surface area contributed by atoms with Crippen LogP contribution in [0.3, 0.4) is 0 Å². The minimum absolute atomic E-state index is 0.0305. The molecule has 1 N–H and O–H groups in total. The van der Waals surface area contributed by atoms with Gasteiger partial charge in [-0.05, 0) is 83.0 Å². The van der Waals surface area contributed by atoms with Crippen LogP contribution in [0.1, 0.15) is 65.2 Å². The molecule has 0 radical (unpaired) electrons. The summed E-state index contributed by atoms with van der Waals surface area (Å²) in [5, 5.41) is 12.5. The Morgan fingerprint density at radius 1 is 0.943 bits per heavy atom. The minimum Gasteiger partial charge on any atom is -0.489 e. The fraction of sp³-hybridized carbons (Fsp3) is 0.385. The summed E-state index contributed by atoms with van der Waals surface area (Å²) in [7, 11) is 0. The van der Waals surface area contributed by atoms with Crippen LogP contribution in [0.5, 0.6) is 5.75 Å². The number of carbonyl (C=O) groups excluding carboxylic acids is 5. The van der Waals surface area contributed by atoms with Crippen LogP contribution in [-0.2, 0) is 46.5 Å². The van der Waals surface area contributed by atoms with E-state index in [4.69, 9.17) is 23.7 Å². The predicted octanol–water partition coefficient (Wildman–Crippen LogP) is 6.11. The highest BCUT2D eigenvalue weighted by Gasteiger charge is 2.43. The third kappa shape index (κ3) is 11.5. The van der Waals surface area contributed by atoms with Crippen molar-refractivity contribution in [1.82, 2.24) is 4.90 Å². The van der Waals surface area contributed by atoms with E-state index in [1.54, 1.807) is 65.8 Å². The van der Waals surface area contributed by atoms with Gasteiger partial charge in [-0.1, -0.05) is 36.4 Å². The molecule has 0 saturated carbocycles. The van der Waals surface area contributed by atoms with Crippen LogP contribution in [0, 0.1) is 11.3 Å². The number of ether oxygens (including phenoxy) is 5. The standard InChI is InChI=1S/C39H44N4O10/c1-25(44)51-32(33-35(46)42(18-19-49-33)30-14-11-15-31(21-30)50-24-26-12-9-8-10-13-26)34(45)41-29-17-16-27(22-40)28(20-29)23-43(36(47)52-38(2,3)4)37(48)53-39(5,6)7/h8-17,20-21,32-33H,18-19,23-24H2,1-7H3,(H,41,45)/t32-,33-/m1/s1.